The maximum Gasteiger partial charge on any atom is 0.233 e. The smallest absolute Gasteiger partial charge is 0.233 e. The van der Waals surface area contributed by atoms with Gasteiger partial charge in [-0.1, -0.05) is 0 Å². The Bertz CT molecular complexity index is 560. The highest BCUT2D eigenvalue weighted by molar-refractivity contribution is 9.10. The van der Waals surface area contributed by atoms with Crippen LogP contribution in [0.5, 0.6) is 5.88 Å². The number of ether oxygens (including phenoxy) is 1. The third-order valence-corrected chi connectivity index (χ3v) is 6.16. The van der Waals surface area contributed by atoms with Crippen LogP contribution in [0.2, 0.25) is 0 Å². The number of piperidine rings is 1. The molecule has 1 unspecified atom stereocenters. The Hall–Kier alpha value is -0.770. The summed E-state index contributed by atoms with van der Waals surface area (Å²) in [5, 5.41) is 8.80. The number of rotatable bonds is 6. The van der Waals surface area contributed by atoms with Crippen molar-refractivity contribution in [1.29, 1.82) is 0 Å². The first-order chi connectivity index (χ1) is 10.6. The Morgan fingerprint density at radius 1 is 1.36 bits per heavy atom. The van der Waals surface area contributed by atoms with Crippen LogP contribution >= 0.6 is 15.9 Å². The molecule has 1 aromatic rings. The van der Waals surface area contributed by atoms with Gasteiger partial charge in [0.25, 0.3) is 0 Å². The van der Waals surface area contributed by atoms with Crippen LogP contribution in [0, 0.1) is 5.41 Å². The van der Waals surface area contributed by atoms with E-state index in [-0.39, 0.29) is 13.2 Å². The molecule has 2 aliphatic rings. The molecule has 2 heterocycles. The van der Waals surface area contributed by atoms with Gasteiger partial charge in [-0.2, -0.15) is 0 Å². The highest BCUT2D eigenvalue weighted by atomic mass is 79.9. The number of hydrogen-bond donors (Lipinski definition) is 2. The summed E-state index contributed by atoms with van der Waals surface area (Å²) in [7, 11) is 0. The lowest BCUT2D eigenvalue weighted by molar-refractivity contribution is 0.196. The van der Waals surface area contributed by atoms with E-state index in [0.717, 1.165) is 25.9 Å². The lowest BCUT2D eigenvalue weighted by Crippen LogP contribution is -2.38. The minimum Gasteiger partial charge on any atom is -0.474 e. The second-order valence-electron chi connectivity index (χ2n) is 5.69. The Balaban J connectivity index is 1.61. The molecule has 22 heavy (non-hydrogen) atoms. The van der Waals surface area contributed by atoms with Crippen molar-refractivity contribution in [2.24, 2.45) is 5.41 Å². The molecule has 1 aliphatic carbocycles. The van der Waals surface area contributed by atoms with E-state index in [1.807, 2.05) is 4.31 Å². The molecule has 0 aromatic carbocycles. The molecule has 0 bridgehead atoms. The van der Waals surface area contributed by atoms with Crippen LogP contribution in [0.4, 0.5) is 5.82 Å². The second kappa shape index (κ2) is 6.77. The van der Waals surface area contributed by atoms with E-state index in [1.54, 1.807) is 0 Å². The van der Waals surface area contributed by atoms with Crippen LogP contribution < -0.4 is 9.46 Å². The predicted molar refractivity (Wildman–Crippen MR) is 86.6 cm³/mol. The molecule has 0 amide bonds. The van der Waals surface area contributed by atoms with Crippen LogP contribution in [0.3, 0.4) is 0 Å². The van der Waals surface area contributed by atoms with Crippen molar-refractivity contribution in [2.45, 2.75) is 25.7 Å². The fourth-order valence-electron chi connectivity index (χ4n) is 2.62. The summed E-state index contributed by atoms with van der Waals surface area (Å²) in [5.41, 5.74) is 0.557. The minimum atomic E-state index is -1.33. The van der Waals surface area contributed by atoms with Crippen molar-refractivity contribution in [2.75, 3.05) is 31.0 Å². The molecule has 1 saturated carbocycles. The number of aliphatic hydroxyl groups is 1. The Morgan fingerprint density at radius 2 is 2.09 bits per heavy atom. The SMILES string of the molecule is O=S(Nc1ncnc(OCCO)c1Br)N1CCC2(CC1)CC2. The Kier molecular flexibility index (Phi) is 4.96. The number of nitrogens with one attached hydrogen (secondary N) is 1. The Labute approximate surface area is 140 Å². The molecule has 1 saturated heterocycles. The van der Waals surface area contributed by atoms with E-state index in [0.29, 0.717) is 21.6 Å². The van der Waals surface area contributed by atoms with Gasteiger partial charge < -0.3 is 9.84 Å². The molecule has 1 aromatic heterocycles. The molecule has 1 atom stereocenters. The van der Waals surface area contributed by atoms with Crippen molar-refractivity contribution < 1.29 is 14.1 Å². The molecule has 1 aliphatic heterocycles. The van der Waals surface area contributed by atoms with Crippen molar-refractivity contribution in [3.8, 4) is 5.88 Å². The largest absolute Gasteiger partial charge is 0.474 e. The molecule has 9 heteroatoms. The number of halogens is 1. The quantitative estimate of drug-likeness (QED) is 0.767. The van der Waals surface area contributed by atoms with Gasteiger partial charge in [-0.3, -0.25) is 4.72 Å². The van der Waals surface area contributed by atoms with Crippen molar-refractivity contribution in [1.82, 2.24) is 14.3 Å². The maximum absolute atomic E-state index is 12.4. The number of aliphatic hydroxyl groups excluding tert-OH is 1. The average molecular weight is 391 g/mol. The fourth-order valence-corrected chi connectivity index (χ4v) is 4.13. The van der Waals surface area contributed by atoms with E-state index in [1.165, 1.54) is 19.2 Å². The maximum atomic E-state index is 12.4. The highest BCUT2D eigenvalue weighted by Gasteiger charge is 2.45. The molecule has 0 radical (unpaired) electrons. The van der Waals surface area contributed by atoms with Crippen LogP contribution in [0.1, 0.15) is 25.7 Å². The average Bonchev–Trinajstić information content (AvgIpc) is 3.28. The van der Waals surface area contributed by atoms with Crippen molar-refractivity contribution >= 4 is 32.9 Å². The van der Waals surface area contributed by atoms with Gasteiger partial charge >= 0.3 is 0 Å². The monoisotopic (exact) mass is 390 g/mol. The standard InChI is InChI=1S/C13H19BrN4O3S/c14-10-11(15-9-16-12(10)21-8-7-19)17-22(20)18-5-3-13(1-2-13)4-6-18/h9,19H,1-8H2,(H,15,16,17). The normalized spacial score (nSPS) is 21.5. The second-order valence-corrected chi connectivity index (χ2v) is 7.71. The fraction of sp³-hybridized carbons (Fsp3) is 0.692. The van der Waals surface area contributed by atoms with Crippen molar-refractivity contribution in [3.63, 3.8) is 0 Å². The van der Waals surface area contributed by atoms with Gasteiger partial charge in [0.05, 0.1) is 6.61 Å². The lowest BCUT2D eigenvalue weighted by atomic mass is 9.95. The first kappa shape index (κ1) is 16.1. The zero-order chi connectivity index (χ0) is 15.6. The minimum absolute atomic E-state index is 0.0966. The topological polar surface area (TPSA) is 87.6 Å². The summed E-state index contributed by atoms with van der Waals surface area (Å²) in [5.74, 6) is 0.743. The van der Waals surface area contributed by atoms with Crippen LogP contribution in [0.25, 0.3) is 0 Å². The molecule has 2 N–H and O–H groups in total. The van der Waals surface area contributed by atoms with Gasteiger partial charge in [0.15, 0.2) is 17.0 Å². The zero-order valence-electron chi connectivity index (χ0n) is 12.1. The van der Waals surface area contributed by atoms with Crippen LogP contribution in [-0.2, 0) is 11.2 Å². The molecule has 2 fully saturated rings. The third kappa shape index (κ3) is 3.58. The van der Waals surface area contributed by atoms with Gasteiger partial charge in [0.1, 0.15) is 17.4 Å². The summed E-state index contributed by atoms with van der Waals surface area (Å²) in [4.78, 5) is 8.07. The van der Waals surface area contributed by atoms with Crippen LogP contribution in [-0.4, -0.2) is 49.9 Å². The van der Waals surface area contributed by atoms with Gasteiger partial charge in [0, 0.05) is 13.1 Å². The van der Waals surface area contributed by atoms with E-state index in [2.05, 4.69) is 30.6 Å². The lowest BCUT2D eigenvalue weighted by Gasteiger charge is -2.30. The zero-order valence-corrected chi connectivity index (χ0v) is 14.5. The number of aromatic nitrogens is 2. The number of nitrogens with zero attached hydrogens (tertiary/aromatic N) is 3. The Morgan fingerprint density at radius 3 is 2.73 bits per heavy atom. The van der Waals surface area contributed by atoms with Crippen LogP contribution in [0.15, 0.2) is 10.8 Å². The summed E-state index contributed by atoms with van der Waals surface area (Å²) in [6.45, 7) is 1.74. The molecule has 122 valence electrons. The summed E-state index contributed by atoms with van der Waals surface area (Å²) in [6.07, 6.45) is 6.23. The van der Waals surface area contributed by atoms with Gasteiger partial charge in [-0.25, -0.2) is 18.5 Å². The first-order valence-corrected chi connectivity index (χ1v) is 9.21. The van der Waals surface area contributed by atoms with E-state index in [9.17, 15) is 4.21 Å². The molecule has 3 rings (SSSR count). The summed E-state index contributed by atoms with van der Waals surface area (Å²) in [6, 6.07) is 0. The molecule has 7 nitrogen and oxygen atoms in total. The summed E-state index contributed by atoms with van der Waals surface area (Å²) >= 11 is 2.02. The first-order valence-electron chi connectivity index (χ1n) is 7.31. The van der Waals surface area contributed by atoms with Gasteiger partial charge in [-0.15, -0.1) is 0 Å². The summed E-state index contributed by atoms with van der Waals surface area (Å²) < 4.78 is 23.1. The number of anilines is 1. The third-order valence-electron chi connectivity index (χ3n) is 4.25. The molecule has 1 spiro atoms. The van der Waals surface area contributed by atoms with Gasteiger partial charge in [-0.05, 0) is 47.0 Å². The molecular formula is C13H19BrN4O3S. The predicted octanol–water partition coefficient (Wildman–Crippen LogP) is 1.48. The van der Waals surface area contributed by atoms with E-state index < -0.39 is 11.2 Å². The number of hydrogen-bond acceptors (Lipinski definition) is 5. The molecular weight excluding hydrogens is 372 g/mol. The highest BCUT2D eigenvalue weighted by Crippen LogP contribution is 2.53. The van der Waals surface area contributed by atoms with E-state index >= 15 is 0 Å². The van der Waals surface area contributed by atoms with E-state index in [4.69, 9.17) is 9.84 Å². The van der Waals surface area contributed by atoms with Gasteiger partial charge in [0.2, 0.25) is 5.88 Å². The van der Waals surface area contributed by atoms with Crippen molar-refractivity contribution in [3.05, 3.63) is 10.8 Å².